The first-order chi connectivity index (χ1) is 19.8. The standard InChI is InChI=1S/C32H38N4O5.HI/c1-7-35(8-2)21-11-13-23-27(17-21)41-28-18-22(36(9-3)10-4)12-14-24(28)29(23)25-15-16-26(34-6)31(33)30(25)32(38)40-19-39-20(5)37;/h11-18,34H,7-10,19H2,1-6H3,(H-,33,38);1H. The molecular formula is C32H39IN4O5. The topological polar surface area (TPSA) is 108 Å². The molecule has 0 spiro atoms. The number of benzene rings is 3. The molecule has 0 aliphatic carbocycles. The van der Waals surface area contributed by atoms with E-state index in [9.17, 15) is 9.59 Å². The van der Waals surface area contributed by atoms with Crippen LogP contribution in [0.3, 0.4) is 0 Å². The predicted octanol–water partition coefficient (Wildman–Crippen LogP) is 3.53. The van der Waals surface area contributed by atoms with Gasteiger partial charge in [0.15, 0.2) is 0 Å². The molecule has 224 valence electrons. The second-order valence-electron chi connectivity index (χ2n) is 9.57. The van der Waals surface area contributed by atoms with E-state index in [0.29, 0.717) is 22.4 Å². The third kappa shape index (κ3) is 6.48. The smallest absolute Gasteiger partial charge is 0.363 e. The van der Waals surface area contributed by atoms with Crippen molar-refractivity contribution in [3.05, 3.63) is 54.1 Å². The van der Waals surface area contributed by atoms with Crippen LogP contribution in [0.25, 0.3) is 33.1 Å². The highest BCUT2D eigenvalue weighted by Crippen LogP contribution is 2.43. The minimum atomic E-state index is -0.697. The van der Waals surface area contributed by atoms with Crippen LogP contribution >= 0.6 is 0 Å². The fraction of sp³-hybridized carbons (Fsp3) is 0.344. The number of esters is 2. The van der Waals surface area contributed by atoms with Gasteiger partial charge in [0.05, 0.1) is 39.8 Å². The first-order valence-corrected chi connectivity index (χ1v) is 14.0. The zero-order valence-electron chi connectivity index (χ0n) is 25.0. The lowest BCUT2D eigenvalue weighted by Gasteiger charge is -2.21. The van der Waals surface area contributed by atoms with Crippen molar-refractivity contribution in [2.24, 2.45) is 0 Å². The van der Waals surface area contributed by atoms with Crippen molar-refractivity contribution in [2.75, 3.05) is 60.9 Å². The molecule has 9 nitrogen and oxygen atoms in total. The summed E-state index contributed by atoms with van der Waals surface area (Å²) in [6.45, 7) is 12.6. The van der Waals surface area contributed by atoms with Crippen LogP contribution in [0.15, 0.2) is 52.9 Å². The molecule has 10 heteroatoms. The molecule has 3 N–H and O–H groups in total. The average molecular weight is 687 g/mol. The van der Waals surface area contributed by atoms with E-state index in [-0.39, 0.29) is 35.2 Å². The Hall–Kier alpha value is -3.80. The minimum Gasteiger partial charge on any atom is -1.00 e. The fourth-order valence-electron chi connectivity index (χ4n) is 5.23. The zero-order valence-corrected chi connectivity index (χ0v) is 27.2. The number of nitrogens with zero attached hydrogens (tertiary/aromatic N) is 2. The van der Waals surface area contributed by atoms with Crippen molar-refractivity contribution < 1.29 is 47.5 Å². The van der Waals surface area contributed by atoms with E-state index in [2.05, 4.69) is 54.9 Å². The number of carbonyl (C=O) groups excluding carboxylic acids is 2. The third-order valence-corrected chi connectivity index (χ3v) is 7.39. The van der Waals surface area contributed by atoms with E-state index in [1.54, 1.807) is 7.05 Å². The molecule has 0 bridgehead atoms. The Kier molecular flexibility index (Phi) is 11.2. The molecule has 1 aromatic heterocycles. The maximum absolute atomic E-state index is 13.5. The molecule has 0 aliphatic rings. The summed E-state index contributed by atoms with van der Waals surface area (Å²) >= 11 is 0. The summed E-state index contributed by atoms with van der Waals surface area (Å²) in [6, 6.07) is 16.0. The summed E-state index contributed by atoms with van der Waals surface area (Å²) in [7, 11) is 1.73. The van der Waals surface area contributed by atoms with Crippen LogP contribution in [0.5, 0.6) is 0 Å². The Balaban J connectivity index is 0.00000484. The van der Waals surface area contributed by atoms with Gasteiger partial charge in [-0.3, -0.25) is 4.79 Å². The van der Waals surface area contributed by atoms with Gasteiger partial charge in [-0.1, -0.05) is 6.07 Å². The van der Waals surface area contributed by atoms with E-state index in [0.717, 1.165) is 53.9 Å². The molecule has 0 aliphatic heterocycles. The van der Waals surface area contributed by atoms with E-state index >= 15 is 0 Å². The van der Waals surface area contributed by atoms with Gasteiger partial charge >= 0.3 is 23.1 Å². The van der Waals surface area contributed by atoms with Crippen molar-refractivity contribution in [3.63, 3.8) is 0 Å². The Morgan fingerprint density at radius 1 is 0.833 bits per heavy atom. The number of hydrogen-bond acceptors (Lipinski definition) is 8. The minimum absolute atomic E-state index is 0. The van der Waals surface area contributed by atoms with Gasteiger partial charge < -0.3 is 54.3 Å². The first kappa shape index (κ1) is 32.7. The molecule has 0 unspecified atom stereocenters. The lowest BCUT2D eigenvalue weighted by atomic mass is 9.91. The van der Waals surface area contributed by atoms with Crippen molar-refractivity contribution >= 4 is 56.6 Å². The predicted molar refractivity (Wildman–Crippen MR) is 167 cm³/mol. The van der Waals surface area contributed by atoms with Crippen LogP contribution in [-0.2, 0) is 14.3 Å². The highest BCUT2D eigenvalue weighted by Gasteiger charge is 2.28. The number of nitrogens with one attached hydrogen (secondary N) is 1. The lowest BCUT2D eigenvalue weighted by Crippen LogP contribution is -3.00. The van der Waals surface area contributed by atoms with Gasteiger partial charge in [0.25, 0.3) is 0 Å². The maximum Gasteiger partial charge on any atom is 0.363 e. The number of anilines is 4. The number of nitrogen functional groups attached to an aromatic ring is 1. The molecule has 4 rings (SSSR count). The van der Waals surface area contributed by atoms with Gasteiger partial charge in [-0.05, 0) is 58.0 Å². The van der Waals surface area contributed by atoms with E-state index in [1.165, 1.54) is 6.92 Å². The third-order valence-electron chi connectivity index (χ3n) is 7.39. The van der Waals surface area contributed by atoms with Gasteiger partial charge in [-0.15, -0.1) is 0 Å². The molecule has 0 fully saturated rings. The van der Waals surface area contributed by atoms with Crippen molar-refractivity contribution in [1.82, 2.24) is 0 Å². The van der Waals surface area contributed by atoms with Crippen LogP contribution in [0.4, 0.5) is 22.7 Å². The highest BCUT2D eigenvalue weighted by molar-refractivity contribution is 6.15. The Labute approximate surface area is 264 Å². The molecular weight excluding hydrogens is 647 g/mol. The monoisotopic (exact) mass is 686 g/mol. The van der Waals surface area contributed by atoms with Crippen molar-refractivity contribution in [3.8, 4) is 11.1 Å². The second kappa shape index (κ2) is 14.4. The Morgan fingerprint density at radius 3 is 1.81 bits per heavy atom. The molecule has 0 saturated carbocycles. The molecule has 3 aromatic carbocycles. The summed E-state index contributed by atoms with van der Waals surface area (Å²) in [5.74, 6) is -1.25. The summed E-state index contributed by atoms with van der Waals surface area (Å²) in [6.07, 6.45) is 0. The highest BCUT2D eigenvalue weighted by atomic mass is 127. The largest absolute Gasteiger partial charge is 1.00 e. The number of halogens is 1. The quantitative estimate of drug-likeness (QED) is 0.0612. The lowest BCUT2D eigenvalue weighted by molar-refractivity contribution is -0.149. The average Bonchev–Trinajstić information content (AvgIpc) is 2.96. The van der Waals surface area contributed by atoms with E-state index in [1.807, 2.05) is 36.4 Å². The number of ether oxygens (including phenoxy) is 2. The Bertz CT molecular complexity index is 1520. The maximum atomic E-state index is 13.5. The summed E-state index contributed by atoms with van der Waals surface area (Å²) in [5, 5.41) is 4.69. The number of hydrogen-bond donors (Lipinski definition) is 2. The van der Waals surface area contributed by atoms with Crippen LogP contribution < -0.4 is 44.8 Å². The molecule has 0 saturated heterocycles. The first-order valence-electron chi connectivity index (χ1n) is 14.0. The fourth-order valence-corrected chi connectivity index (χ4v) is 5.23. The van der Waals surface area contributed by atoms with Crippen LogP contribution in [0.2, 0.25) is 0 Å². The normalized spacial score (nSPS) is 10.7. The number of rotatable bonds is 11. The molecule has 42 heavy (non-hydrogen) atoms. The van der Waals surface area contributed by atoms with Gasteiger partial charge in [0.1, 0.15) is 0 Å². The summed E-state index contributed by atoms with van der Waals surface area (Å²) < 4.78 is 16.8. The second-order valence-corrected chi connectivity index (χ2v) is 9.57. The molecule has 4 aromatic rings. The number of carbonyl (C=O) groups is 2. The molecule has 0 amide bonds. The SMILES string of the molecule is CCN(CC)c1ccc2c(-c3ccc(NC)c(N)c3C(=O)OCOC(C)=O)c3ccc(N(CC)CC)cc3[o+]c2c1.[I-]. The van der Waals surface area contributed by atoms with Crippen LogP contribution in [-0.4, -0.2) is 52.0 Å². The van der Waals surface area contributed by atoms with Gasteiger partial charge in [-0.25, -0.2) is 9.21 Å². The van der Waals surface area contributed by atoms with Crippen molar-refractivity contribution in [1.29, 1.82) is 0 Å². The number of fused-ring (bicyclic) bond motifs is 2. The van der Waals surface area contributed by atoms with Crippen LogP contribution in [0.1, 0.15) is 45.0 Å². The molecule has 0 atom stereocenters. The zero-order chi connectivity index (χ0) is 29.7. The summed E-state index contributed by atoms with van der Waals surface area (Å²) in [4.78, 5) is 29.3. The van der Waals surface area contributed by atoms with Gasteiger partial charge in [0, 0.05) is 62.7 Å². The summed E-state index contributed by atoms with van der Waals surface area (Å²) in [5.41, 5.74) is 12.4. The number of nitrogens with two attached hydrogens (primary N) is 1. The van der Waals surface area contributed by atoms with Crippen LogP contribution in [0, 0.1) is 0 Å². The Morgan fingerprint density at radius 2 is 1.36 bits per heavy atom. The van der Waals surface area contributed by atoms with Gasteiger partial charge in [0.2, 0.25) is 6.79 Å². The van der Waals surface area contributed by atoms with Crippen molar-refractivity contribution in [2.45, 2.75) is 34.6 Å². The van der Waals surface area contributed by atoms with E-state index in [4.69, 9.17) is 19.6 Å². The molecule has 1 heterocycles. The molecule has 0 radical (unpaired) electrons. The van der Waals surface area contributed by atoms with Gasteiger partial charge in [-0.2, -0.15) is 0 Å². The van der Waals surface area contributed by atoms with E-state index < -0.39 is 18.7 Å².